The Labute approximate surface area is 125 Å². The van der Waals surface area contributed by atoms with Crippen molar-refractivity contribution in [3.05, 3.63) is 46.1 Å². The van der Waals surface area contributed by atoms with Crippen molar-refractivity contribution in [1.82, 2.24) is 10.3 Å². The number of pyridine rings is 1. The van der Waals surface area contributed by atoms with Gasteiger partial charge in [0.2, 0.25) is 0 Å². The number of aromatic nitrogens is 1. The standard InChI is InChI=1S/C13H11Cl2N3O2/c14-8-1-2-9(11(15)4-8)10-6-17-12(16)3-7(10)5-18-13(19)20/h1-4,6,18H,5H2,(H2,16,17)(H,19,20). The molecule has 1 aromatic carbocycles. The van der Waals surface area contributed by atoms with Gasteiger partial charge in [0.1, 0.15) is 5.82 Å². The van der Waals surface area contributed by atoms with Gasteiger partial charge in [-0.15, -0.1) is 0 Å². The molecule has 4 N–H and O–H groups in total. The van der Waals surface area contributed by atoms with E-state index in [1.807, 2.05) is 0 Å². The number of halogens is 2. The van der Waals surface area contributed by atoms with Crippen LogP contribution >= 0.6 is 23.2 Å². The quantitative estimate of drug-likeness (QED) is 0.810. The highest BCUT2D eigenvalue weighted by Crippen LogP contribution is 2.32. The van der Waals surface area contributed by atoms with Crippen LogP contribution in [0.4, 0.5) is 10.6 Å². The number of amides is 1. The SMILES string of the molecule is Nc1cc(CNC(=O)O)c(-c2ccc(Cl)cc2Cl)cn1. The van der Waals surface area contributed by atoms with E-state index in [0.717, 1.165) is 0 Å². The van der Waals surface area contributed by atoms with Gasteiger partial charge in [0, 0.05) is 33.9 Å². The lowest BCUT2D eigenvalue weighted by Gasteiger charge is -2.12. The Kier molecular flexibility index (Phi) is 4.32. The molecule has 5 nitrogen and oxygen atoms in total. The number of nitrogen functional groups attached to an aromatic ring is 1. The van der Waals surface area contributed by atoms with Gasteiger partial charge in [0.15, 0.2) is 0 Å². The maximum absolute atomic E-state index is 10.6. The Morgan fingerprint density at radius 1 is 1.30 bits per heavy atom. The van der Waals surface area contributed by atoms with E-state index in [1.54, 1.807) is 30.5 Å². The largest absolute Gasteiger partial charge is 0.465 e. The number of benzene rings is 1. The second-order valence-corrected chi connectivity index (χ2v) is 4.89. The molecule has 7 heteroatoms. The van der Waals surface area contributed by atoms with Crippen LogP contribution in [0.1, 0.15) is 5.56 Å². The topological polar surface area (TPSA) is 88.2 Å². The lowest BCUT2D eigenvalue weighted by atomic mass is 10.0. The zero-order valence-corrected chi connectivity index (χ0v) is 11.7. The molecule has 0 saturated carbocycles. The molecular formula is C13H11Cl2N3O2. The van der Waals surface area contributed by atoms with Crippen molar-refractivity contribution in [2.24, 2.45) is 0 Å². The van der Waals surface area contributed by atoms with Crippen molar-refractivity contribution in [3.63, 3.8) is 0 Å². The van der Waals surface area contributed by atoms with Crippen molar-refractivity contribution in [2.45, 2.75) is 6.54 Å². The molecule has 0 spiro atoms. The molecule has 1 amide bonds. The van der Waals surface area contributed by atoms with Crippen LogP contribution in [0.2, 0.25) is 10.0 Å². The number of nitrogens with zero attached hydrogens (tertiary/aromatic N) is 1. The van der Waals surface area contributed by atoms with Gasteiger partial charge in [-0.05, 0) is 23.8 Å². The fourth-order valence-corrected chi connectivity index (χ4v) is 2.29. The van der Waals surface area contributed by atoms with E-state index in [0.29, 0.717) is 32.6 Å². The van der Waals surface area contributed by atoms with E-state index in [2.05, 4.69) is 10.3 Å². The summed E-state index contributed by atoms with van der Waals surface area (Å²) in [5.41, 5.74) is 7.74. The number of carbonyl (C=O) groups is 1. The van der Waals surface area contributed by atoms with Crippen molar-refractivity contribution >= 4 is 35.1 Å². The van der Waals surface area contributed by atoms with E-state index in [4.69, 9.17) is 34.0 Å². The summed E-state index contributed by atoms with van der Waals surface area (Å²) >= 11 is 12.0. The van der Waals surface area contributed by atoms with Gasteiger partial charge < -0.3 is 16.2 Å². The summed E-state index contributed by atoms with van der Waals surface area (Å²) in [6, 6.07) is 6.68. The molecule has 2 rings (SSSR count). The first-order chi connectivity index (χ1) is 9.47. The molecule has 0 fully saturated rings. The predicted octanol–water partition coefficient (Wildman–Crippen LogP) is 3.41. The van der Waals surface area contributed by atoms with Crippen molar-refractivity contribution in [3.8, 4) is 11.1 Å². The monoisotopic (exact) mass is 311 g/mol. The van der Waals surface area contributed by atoms with Gasteiger partial charge in [0.05, 0.1) is 0 Å². The number of nitrogens with one attached hydrogen (secondary N) is 1. The molecule has 0 aliphatic carbocycles. The Bertz CT molecular complexity index is 662. The maximum Gasteiger partial charge on any atom is 0.404 e. The molecule has 2 aromatic rings. The van der Waals surface area contributed by atoms with E-state index in [-0.39, 0.29) is 6.54 Å². The van der Waals surface area contributed by atoms with Crippen LogP contribution < -0.4 is 11.1 Å². The third-order valence-electron chi connectivity index (χ3n) is 2.66. The predicted molar refractivity (Wildman–Crippen MR) is 79.0 cm³/mol. The summed E-state index contributed by atoms with van der Waals surface area (Å²) in [5, 5.41) is 12.0. The molecule has 0 saturated heterocycles. The van der Waals surface area contributed by atoms with Gasteiger partial charge >= 0.3 is 6.09 Å². The number of hydrogen-bond donors (Lipinski definition) is 3. The number of carboxylic acid groups (broad SMARTS) is 1. The van der Waals surface area contributed by atoms with Crippen LogP contribution in [0.5, 0.6) is 0 Å². The molecule has 0 aliphatic rings. The number of hydrogen-bond acceptors (Lipinski definition) is 3. The van der Waals surface area contributed by atoms with Crippen molar-refractivity contribution in [1.29, 1.82) is 0 Å². The molecule has 0 radical (unpaired) electrons. The lowest BCUT2D eigenvalue weighted by molar-refractivity contribution is 0.194. The van der Waals surface area contributed by atoms with Crippen LogP contribution in [0.15, 0.2) is 30.5 Å². The van der Waals surface area contributed by atoms with Gasteiger partial charge in [-0.3, -0.25) is 0 Å². The molecular weight excluding hydrogens is 301 g/mol. The Morgan fingerprint density at radius 2 is 2.05 bits per heavy atom. The molecule has 104 valence electrons. The molecule has 0 bridgehead atoms. The first-order valence-corrected chi connectivity index (χ1v) is 6.39. The molecule has 0 unspecified atom stereocenters. The lowest BCUT2D eigenvalue weighted by Crippen LogP contribution is -2.20. The third-order valence-corrected chi connectivity index (χ3v) is 3.21. The summed E-state index contributed by atoms with van der Waals surface area (Å²) in [5.74, 6) is 0.307. The fourth-order valence-electron chi connectivity index (χ4n) is 1.78. The normalized spacial score (nSPS) is 10.3. The Morgan fingerprint density at radius 3 is 2.70 bits per heavy atom. The Balaban J connectivity index is 2.47. The zero-order chi connectivity index (χ0) is 14.7. The van der Waals surface area contributed by atoms with Gasteiger partial charge in [-0.1, -0.05) is 29.3 Å². The second kappa shape index (κ2) is 5.98. The highest BCUT2D eigenvalue weighted by atomic mass is 35.5. The minimum atomic E-state index is -1.12. The number of nitrogens with two attached hydrogens (primary N) is 1. The van der Waals surface area contributed by atoms with E-state index in [9.17, 15) is 4.79 Å². The maximum atomic E-state index is 10.6. The zero-order valence-electron chi connectivity index (χ0n) is 10.2. The summed E-state index contributed by atoms with van der Waals surface area (Å²) < 4.78 is 0. The smallest absolute Gasteiger partial charge is 0.404 e. The highest BCUT2D eigenvalue weighted by Gasteiger charge is 2.11. The summed E-state index contributed by atoms with van der Waals surface area (Å²) in [4.78, 5) is 14.6. The summed E-state index contributed by atoms with van der Waals surface area (Å²) in [7, 11) is 0. The molecule has 1 aromatic heterocycles. The molecule has 0 atom stereocenters. The molecule has 1 heterocycles. The van der Waals surface area contributed by atoms with Gasteiger partial charge in [0.25, 0.3) is 0 Å². The van der Waals surface area contributed by atoms with Gasteiger partial charge in [-0.25, -0.2) is 9.78 Å². The second-order valence-electron chi connectivity index (χ2n) is 4.05. The first-order valence-electron chi connectivity index (χ1n) is 5.64. The van der Waals surface area contributed by atoms with Crippen molar-refractivity contribution in [2.75, 3.05) is 5.73 Å². The van der Waals surface area contributed by atoms with Crippen LogP contribution in [0.25, 0.3) is 11.1 Å². The summed E-state index contributed by atoms with van der Waals surface area (Å²) in [6.45, 7) is 0.107. The average Bonchev–Trinajstić information content (AvgIpc) is 2.37. The van der Waals surface area contributed by atoms with Crippen LogP contribution in [0.3, 0.4) is 0 Å². The number of rotatable bonds is 3. The molecule has 20 heavy (non-hydrogen) atoms. The van der Waals surface area contributed by atoms with Crippen molar-refractivity contribution < 1.29 is 9.90 Å². The van der Waals surface area contributed by atoms with Crippen LogP contribution in [0, 0.1) is 0 Å². The first kappa shape index (κ1) is 14.4. The van der Waals surface area contributed by atoms with E-state index in [1.165, 1.54) is 0 Å². The van der Waals surface area contributed by atoms with Gasteiger partial charge in [-0.2, -0.15) is 0 Å². The third kappa shape index (κ3) is 3.31. The van der Waals surface area contributed by atoms with Crippen LogP contribution in [-0.4, -0.2) is 16.2 Å². The van der Waals surface area contributed by atoms with E-state index < -0.39 is 6.09 Å². The number of anilines is 1. The minimum Gasteiger partial charge on any atom is -0.465 e. The van der Waals surface area contributed by atoms with Crippen LogP contribution in [-0.2, 0) is 6.54 Å². The summed E-state index contributed by atoms with van der Waals surface area (Å²) in [6.07, 6.45) is 0.442. The average molecular weight is 312 g/mol. The highest BCUT2D eigenvalue weighted by molar-refractivity contribution is 6.36. The minimum absolute atomic E-state index is 0.107. The fraction of sp³-hybridized carbons (Fsp3) is 0.0769. The Hall–Kier alpha value is -1.98. The van der Waals surface area contributed by atoms with E-state index >= 15 is 0 Å². The molecule has 0 aliphatic heterocycles.